The van der Waals surface area contributed by atoms with E-state index in [0.29, 0.717) is 5.56 Å². The number of ether oxygens (including phenoxy) is 1. The highest BCUT2D eigenvalue weighted by Gasteiger charge is 2.40. The van der Waals surface area contributed by atoms with Crippen LogP contribution in [0.1, 0.15) is 25.8 Å². The smallest absolute Gasteiger partial charge is 0.431 e. The number of nitro benzene ring substituents is 1. The summed E-state index contributed by atoms with van der Waals surface area (Å²) >= 11 is 0. The molecule has 118 valence electrons. The third-order valence-electron chi connectivity index (χ3n) is 3.43. The van der Waals surface area contributed by atoms with Gasteiger partial charge < -0.3 is 4.74 Å². The van der Waals surface area contributed by atoms with Crippen LogP contribution in [0, 0.1) is 10.1 Å². The average Bonchev–Trinajstić information content (AvgIpc) is 2.74. The Bertz CT molecular complexity index is 604. The first-order valence-electron chi connectivity index (χ1n) is 6.94. The van der Waals surface area contributed by atoms with E-state index in [1.54, 1.807) is 32.0 Å². The van der Waals surface area contributed by atoms with Gasteiger partial charge in [-0.1, -0.05) is 18.2 Å². The van der Waals surface area contributed by atoms with Gasteiger partial charge >= 0.3 is 6.09 Å². The molecule has 1 atom stereocenters. The molecule has 1 aliphatic heterocycles. The zero-order valence-corrected chi connectivity index (χ0v) is 12.4. The third kappa shape index (κ3) is 3.06. The lowest BCUT2D eigenvalue weighted by Gasteiger charge is -2.28. The normalized spacial score (nSPS) is 18.5. The van der Waals surface area contributed by atoms with Crippen LogP contribution in [0.2, 0.25) is 0 Å². The van der Waals surface area contributed by atoms with Gasteiger partial charge in [-0.15, -0.1) is 0 Å². The van der Waals surface area contributed by atoms with Crippen LogP contribution in [0.15, 0.2) is 24.3 Å². The number of nitrogens with zero attached hydrogens (tertiary/aromatic N) is 3. The van der Waals surface area contributed by atoms with Gasteiger partial charge in [0.1, 0.15) is 0 Å². The first-order valence-corrected chi connectivity index (χ1v) is 6.94. The summed E-state index contributed by atoms with van der Waals surface area (Å²) in [6, 6.07) is 6.02. The van der Waals surface area contributed by atoms with E-state index in [9.17, 15) is 19.7 Å². The Hall–Kier alpha value is -2.48. The summed E-state index contributed by atoms with van der Waals surface area (Å²) < 4.78 is 4.88. The van der Waals surface area contributed by atoms with Crippen LogP contribution in [0.25, 0.3) is 0 Å². The second-order valence-electron chi connectivity index (χ2n) is 4.94. The van der Waals surface area contributed by atoms with Crippen LogP contribution in [0.3, 0.4) is 0 Å². The van der Waals surface area contributed by atoms with E-state index in [-0.39, 0.29) is 37.2 Å². The Morgan fingerprint density at radius 2 is 2.14 bits per heavy atom. The molecule has 0 N–H and O–H groups in total. The van der Waals surface area contributed by atoms with E-state index in [4.69, 9.17) is 4.74 Å². The van der Waals surface area contributed by atoms with Gasteiger partial charge in [-0.3, -0.25) is 14.9 Å². The van der Waals surface area contributed by atoms with Crippen molar-refractivity contribution in [3.8, 4) is 0 Å². The van der Waals surface area contributed by atoms with Crippen molar-refractivity contribution in [2.24, 2.45) is 0 Å². The van der Waals surface area contributed by atoms with Gasteiger partial charge in [0.25, 0.3) is 5.69 Å². The molecule has 2 amide bonds. The number of benzene rings is 1. The number of hydrogen-bond donors (Lipinski definition) is 0. The molecule has 22 heavy (non-hydrogen) atoms. The Labute approximate surface area is 127 Å². The van der Waals surface area contributed by atoms with Gasteiger partial charge in [0.15, 0.2) is 0 Å². The molecule has 0 spiro atoms. The second-order valence-corrected chi connectivity index (χ2v) is 4.94. The van der Waals surface area contributed by atoms with Gasteiger partial charge in [-0.05, 0) is 13.8 Å². The maximum atomic E-state index is 12.0. The van der Waals surface area contributed by atoms with Gasteiger partial charge in [0.05, 0.1) is 18.1 Å². The second kappa shape index (κ2) is 6.52. The predicted octanol–water partition coefficient (Wildman–Crippen LogP) is 2.09. The summed E-state index contributed by atoms with van der Waals surface area (Å²) in [6.45, 7) is 3.67. The number of rotatable bonds is 4. The fourth-order valence-electron chi connectivity index (χ4n) is 2.40. The van der Waals surface area contributed by atoms with Gasteiger partial charge in [0, 0.05) is 24.1 Å². The molecule has 0 bridgehead atoms. The number of amides is 2. The quantitative estimate of drug-likeness (QED) is 0.624. The van der Waals surface area contributed by atoms with Crippen molar-refractivity contribution < 1.29 is 19.2 Å². The number of hydrogen-bond acceptors (Lipinski definition) is 6. The molecule has 1 aromatic carbocycles. The fourth-order valence-corrected chi connectivity index (χ4v) is 2.40. The maximum Gasteiger partial charge on any atom is 0.431 e. The molecule has 2 rings (SSSR count). The predicted molar refractivity (Wildman–Crippen MR) is 76.6 cm³/mol. The van der Waals surface area contributed by atoms with Crippen LogP contribution in [0.4, 0.5) is 10.5 Å². The van der Waals surface area contributed by atoms with Gasteiger partial charge in [-0.25, -0.2) is 9.80 Å². The lowest BCUT2D eigenvalue weighted by Crippen LogP contribution is -2.45. The number of carbonyl (C=O) groups is 2. The number of hydrazine groups is 1. The molecule has 0 radical (unpaired) electrons. The summed E-state index contributed by atoms with van der Waals surface area (Å²) in [5.41, 5.74) is 0.390. The van der Waals surface area contributed by atoms with E-state index in [1.165, 1.54) is 11.1 Å². The maximum absolute atomic E-state index is 12.0. The zero-order chi connectivity index (χ0) is 16.3. The summed E-state index contributed by atoms with van der Waals surface area (Å²) in [7, 11) is 0. The first-order chi connectivity index (χ1) is 10.5. The topological polar surface area (TPSA) is 93.0 Å². The molecule has 1 saturated heterocycles. The number of imide groups is 1. The van der Waals surface area contributed by atoms with E-state index in [0.717, 1.165) is 5.01 Å². The molecule has 8 nitrogen and oxygen atoms in total. The van der Waals surface area contributed by atoms with Crippen LogP contribution in [-0.2, 0) is 16.1 Å². The van der Waals surface area contributed by atoms with Crippen LogP contribution < -0.4 is 0 Å². The largest absolute Gasteiger partial charge is 0.448 e. The Morgan fingerprint density at radius 1 is 1.45 bits per heavy atom. The van der Waals surface area contributed by atoms with Crippen molar-refractivity contribution in [2.45, 2.75) is 32.9 Å². The van der Waals surface area contributed by atoms with Gasteiger partial charge in [0.2, 0.25) is 5.91 Å². The summed E-state index contributed by atoms with van der Waals surface area (Å²) in [6.07, 6.45) is -0.588. The fraction of sp³-hybridized carbons (Fsp3) is 0.429. The molecule has 0 saturated carbocycles. The van der Waals surface area contributed by atoms with Crippen molar-refractivity contribution in [3.63, 3.8) is 0 Å². The molecular formula is C14H17N3O5. The van der Waals surface area contributed by atoms with Crippen molar-refractivity contribution >= 4 is 17.7 Å². The highest BCUT2D eigenvalue weighted by molar-refractivity contribution is 5.93. The van der Waals surface area contributed by atoms with Gasteiger partial charge in [-0.2, -0.15) is 5.01 Å². The van der Waals surface area contributed by atoms with Crippen LogP contribution >= 0.6 is 0 Å². The standard InChI is InChI=1S/C14H17N3O5/c1-3-22-14(19)16-13(18)8-10(2)15(16)9-11-6-4-5-7-12(11)17(20)21/h4-7,10H,3,8-9H2,1-2H3. The lowest BCUT2D eigenvalue weighted by molar-refractivity contribution is -0.385. The highest BCUT2D eigenvalue weighted by Crippen LogP contribution is 2.26. The number of carbonyl (C=O) groups excluding carboxylic acids is 2. The Balaban J connectivity index is 2.28. The molecular weight excluding hydrogens is 290 g/mol. The monoisotopic (exact) mass is 307 g/mol. The molecule has 1 aliphatic rings. The average molecular weight is 307 g/mol. The first kappa shape index (κ1) is 15.9. The van der Waals surface area contributed by atoms with Crippen molar-refractivity contribution in [1.29, 1.82) is 0 Å². The van der Waals surface area contributed by atoms with E-state index >= 15 is 0 Å². The molecule has 1 heterocycles. The minimum Gasteiger partial charge on any atom is -0.448 e. The van der Waals surface area contributed by atoms with Crippen LogP contribution in [0.5, 0.6) is 0 Å². The van der Waals surface area contributed by atoms with Crippen molar-refractivity contribution in [1.82, 2.24) is 10.0 Å². The Kier molecular flexibility index (Phi) is 4.71. The van der Waals surface area contributed by atoms with Crippen LogP contribution in [-0.4, -0.2) is 39.6 Å². The summed E-state index contributed by atoms with van der Waals surface area (Å²) in [5.74, 6) is -0.371. The molecule has 0 aromatic heterocycles. The summed E-state index contributed by atoms with van der Waals surface area (Å²) in [4.78, 5) is 34.5. The molecule has 0 aliphatic carbocycles. The zero-order valence-electron chi connectivity index (χ0n) is 12.4. The highest BCUT2D eigenvalue weighted by atomic mass is 16.6. The lowest BCUT2D eigenvalue weighted by atomic mass is 10.1. The molecule has 1 unspecified atom stereocenters. The Morgan fingerprint density at radius 3 is 2.77 bits per heavy atom. The summed E-state index contributed by atoms with van der Waals surface area (Å²) in [5, 5.41) is 13.5. The SMILES string of the molecule is CCOC(=O)N1C(=O)CC(C)N1Cc1ccccc1[N+](=O)[O-]. The molecule has 1 aromatic rings. The molecule has 8 heteroatoms. The number of para-hydroxylation sites is 1. The van der Waals surface area contributed by atoms with E-state index < -0.39 is 11.0 Å². The van der Waals surface area contributed by atoms with E-state index in [2.05, 4.69) is 0 Å². The van der Waals surface area contributed by atoms with Crippen molar-refractivity contribution in [3.05, 3.63) is 39.9 Å². The van der Waals surface area contributed by atoms with E-state index in [1.807, 2.05) is 0 Å². The third-order valence-corrected chi connectivity index (χ3v) is 3.43. The van der Waals surface area contributed by atoms with Crippen molar-refractivity contribution in [2.75, 3.05) is 6.61 Å². The molecule has 1 fully saturated rings. The minimum absolute atomic E-state index is 0.0437. The number of nitro groups is 1. The minimum atomic E-state index is -0.754.